The maximum atomic E-state index is 9.63. The van der Waals surface area contributed by atoms with Crippen LogP contribution in [0.3, 0.4) is 0 Å². The van der Waals surface area contributed by atoms with Gasteiger partial charge in [-0.1, -0.05) is 20.8 Å². The Bertz CT molecular complexity index is 101. The van der Waals surface area contributed by atoms with E-state index in [0.717, 1.165) is 0 Å². The quantitative estimate of drug-likeness (QED) is 0.484. The Morgan fingerprint density at radius 2 is 0.917 bits per heavy atom. The zero-order chi connectivity index (χ0) is 9.46. The molecule has 0 amide bonds. The summed E-state index contributed by atoms with van der Waals surface area (Å²) in [5.41, 5.74) is 0. The molecule has 0 spiro atoms. The van der Waals surface area contributed by atoms with Crippen molar-refractivity contribution in [2.75, 3.05) is 0 Å². The van der Waals surface area contributed by atoms with Crippen LogP contribution in [0.15, 0.2) is 0 Å². The van der Waals surface area contributed by atoms with E-state index in [4.69, 9.17) is 0 Å². The van der Waals surface area contributed by atoms with Gasteiger partial charge in [-0.15, -0.1) is 0 Å². The summed E-state index contributed by atoms with van der Waals surface area (Å²) in [6.45, 7) is 5.52. The molecule has 0 radical (unpaired) electrons. The molecule has 12 heavy (non-hydrogen) atoms. The first kappa shape index (κ1) is 9.96. The fourth-order valence-corrected chi connectivity index (χ4v) is 1.92. The first-order valence-electron chi connectivity index (χ1n) is 4.51. The van der Waals surface area contributed by atoms with Crippen LogP contribution in [0.5, 0.6) is 0 Å². The van der Waals surface area contributed by atoms with Crippen LogP contribution in [0.2, 0.25) is 0 Å². The zero-order valence-electron chi connectivity index (χ0n) is 7.81. The predicted molar refractivity (Wildman–Crippen MR) is 45.5 cm³/mol. The Kier molecular flexibility index (Phi) is 2.76. The summed E-state index contributed by atoms with van der Waals surface area (Å²) in [5.74, 6) is -0.212. The van der Waals surface area contributed by atoms with Crippen molar-refractivity contribution in [3.8, 4) is 0 Å². The van der Waals surface area contributed by atoms with Crippen molar-refractivity contribution in [2.45, 2.75) is 39.1 Å². The van der Waals surface area contributed by atoms with Crippen molar-refractivity contribution in [1.82, 2.24) is 0 Å². The summed E-state index contributed by atoms with van der Waals surface area (Å²) in [5, 5.41) is 28.7. The summed E-state index contributed by atoms with van der Waals surface area (Å²) >= 11 is 0. The van der Waals surface area contributed by atoms with Gasteiger partial charge in [0, 0.05) is 5.92 Å². The molecule has 1 aliphatic rings. The van der Waals surface area contributed by atoms with Gasteiger partial charge in [-0.25, -0.2) is 0 Å². The Labute approximate surface area is 73.0 Å². The molecular formula is C9H18O3. The van der Waals surface area contributed by atoms with E-state index in [1.54, 1.807) is 6.92 Å². The van der Waals surface area contributed by atoms with Gasteiger partial charge in [0.15, 0.2) is 0 Å². The number of hydrogen-bond acceptors (Lipinski definition) is 3. The Hall–Kier alpha value is -0.120. The molecule has 0 aliphatic heterocycles. The highest BCUT2D eigenvalue weighted by atomic mass is 16.3. The molecular weight excluding hydrogens is 156 g/mol. The predicted octanol–water partition coefficient (Wildman–Crippen LogP) is -0.00900. The summed E-state index contributed by atoms with van der Waals surface area (Å²) < 4.78 is 0. The molecule has 0 aromatic heterocycles. The largest absolute Gasteiger partial charge is 0.392 e. The molecule has 0 saturated heterocycles. The van der Waals surface area contributed by atoms with Gasteiger partial charge in [-0.3, -0.25) is 0 Å². The molecule has 0 heterocycles. The molecule has 3 N–H and O–H groups in total. The highest BCUT2D eigenvalue weighted by Crippen LogP contribution is 2.33. The molecule has 1 fully saturated rings. The maximum Gasteiger partial charge on any atom is 0.0852 e. The van der Waals surface area contributed by atoms with E-state index in [9.17, 15) is 15.3 Å². The maximum absolute atomic E-state index is 9.63. The monoisotopic (exact) mass is 174 g/mol. The van der Waals surface area contributed by atoms with E-state index in [1.165, 1.54) is 0 Å². The van der Waals surface area contributed by atoms with Crippen molar-refractivity contribution in [3.05, 3.63) is 0 Å². The van der Waals surface area contributed by atoms with Gasteiger partial charge in [0.25, 0.3) is 0 Å². The van der Waals surface area contributed by atoms with Crippen LogP contribution in [0.25, 0.3) is 0 Å². The molecule has 72 valence electrons. The summed E-state index contributed by atoms with van der Waals surface area (Å²) in [6.07, 6.45) is -1.98. The zero-order valence-corrected chi connectivity index (χ0v) is 7.81. The number of hydrogen-bond donors (Lipinski definition) is 3. The van der Waals surface area contributed by atoms with Crippen LogP contribution in [-0.4, -0.2) is 33.6 Å². The van der Waals surface area contributed by atoms with Crippen molar-refractivity contribution in [2.24, 2.45) is 17.8 Å². The average Bonchev–Trinajstić information content (AvgIpc) is 2.08. The third kappa shape index (κ3) is 1.37. The third-order valence-electron chi connectivity index (χ3n) is 3.33. The van der Waals surface area contributed by atoms with Gasteiger partial charge in [-0.05, 0) is 11.8 Å². The lowest BCUT2D eigenvalue weighted by atomic mass is 9.71. The molecule has 1 aliphatic carbocycles. The Morgan fingerprint density at radius 1 is 0.583 bits per heavy atom. The summed E-state index contributed by atoms with van der Waals surface area (Å²) in [4.78, 5) is 0. The smallest absolute Gasteiger partial charge is 0.0852 e. The number of rotatable bonds is 0. The van der Waals surface area contributed by atoms with E-state index in [-0.39, 0.29) is 17.8 Å². The van der Waals surface area contributed by atoms with Gasteiger partial charge in [0.05, 0.1) is 18.3 Å². The van der Waals surface area contributed by atoms with E-state index >= 15 is 0 Å². The van der Waals surface area contributed by atoms with Crippen molar-refractivity contribution < 1.29 is 15.3 Å². The first-order chi connectivity index (χ1) is 5.46. The lowest BCUT2D eigenvalue weighted by molar-refractivity contribution is -0.140. The van der Waals surface area contributed by atoms with Crippen molar-refractivity contribution in [3.63, 3.8) is 0 Å². The molecule has 0 aromatic carbocycles. The molecule has 1 rings (SSSR count). The normalized spacial score (nSPS) is 55.5. The lowest BCUT2D eigenvalue weighted by Gasteiger charge is -2.42. The van der Waals surface area contributed by atoms with E-state index in [1.807, 2.05) is 13.8 Å². The molecule has 3 nitrogen and oxygen atoms in total. The molecule has 0 aromatic rings. The molecule has 6 unspecified atom stereocenters. The fraction of sp³-hybridized carbons (Fsp3) is 1.00. The van der Waals surface area contributed by atoms with Crippen LogP contribution >= 0.6 is 0 Å². The van der Waals surface area contributed by atoms with Crippen LogP contribution < -0.4 is 0 Å². The molecule has 1 saturated carbocycles. The number of aliphatic hydroxyl groups is 3. The molecule has 3 heteroatoms. The van der Waals surface area contributed by atoms with Gasteiger partial charge >= 0.3 is 0 Å². The SMILES string of the molecule is CC1C(C)C(O)C(O)C(C)C1O. The van der Waals surface area contributed by atoms with Crippen molar-refractivity contribution >= 4 is 0 Å². The second kappa shape index (κ2) is 3.32. The summed E-state index contributed by atoms with van der Waals surface area (Å²) in [6, 6.07) is 0. The highest BCUT2D eigenvalue weighted by Gasteiger charge is 2.42. The van der Waals surface area contributed by atoms with Crippen LogP contribution in [0, 0.1) is 17.8 Å². The van der Waals surface area contributed by atoms with Crippen LogP contribution in [-0.2, 0) is 0 Å². The lowest BCUT2D eigenvalue weighted by Crippen LogP contribution is -2.52. The second-order valence-electron chi connectivity index (χ2n) is 4.05. The van der Waals surface area contributed by atoms with Crippen LogP contribution in [0.4, 0.5) is 0 Å². The topological polar surface area (TPSA) is 60.7 Å². The van der Waals surface area contributed by atoms with E-state index in [2.05, 4.69) is 0 Å². The van der Waals surface area contributed by atoms with E-state index in [0.29, 0.717) is 0 Å². The Balaban J connectivity index is 2.76. The van der Waals surface area contributed by atoms with Gasteiger partial charge in [0.1, 0.15) is 0 Å². The first-order valence-corrected chi connectivity index (χ1v) is 4.51. The minimum atomic E-state index is -0.786. The standard InChI is InChI=1S/C9H18O3/c1-4-5(2)8(11)9(12)6(3)7(4)10/h4-12H,1-3H3. The van der Waals surface area contributed by atoms with Gasteiger partial charge < -0.3 is 15.3 Å². The van der Waals surface area contributed by atoms with E-state index < -0.39 is 18.3 Å². The average molecular weight is 174 g/mol. The minimum Gasteiger partial charge on any atom is -0.392 e. The fourth-order valence-electron chi connectivity index (χ4n) is 1.92. The minimum absolute atomic E-state index is 0.0359. The van der Waals surface area contributed by atoms with Crippen LogP contribution in [0.1, 0.15) is 20.8 Å². The Morgan fingerprint density at radius 3 is 1.42 bits per heavy atom. The molecule has 6 atom stereocenters. The summed E-state index contributed by atoms with van der Waals surface area (Å²) in [7, 11) is 0. The van der Waals surface area contributed by atoms with Crippen molar-refractivity contribution in [1.29, 1.82) is 0 Å². The number of aliphatic hydroxyl groups excluding tert-OH is 3. The second-order valence-corrected chi connectivity index (χ2v) is 4.05. The highest BCUT2D eigenvalue weighted by molar-refractivity contribution is 4.92. The van der Waals surface area contributed by atoms with Gasteiger partial charge in [0.2, 0.25) is 0 Å². The third-order valence-corrected chi connectivity index (χ3v) is 3.33. The molecule has 0 bridgehead atoms. The van der Waals surface area contributed by atoms with Gasteiger partial charge in [-0.2, -0.15) is 0 Å².